The third-order valence-corrected chi connectivity index (χ3v) is 3.19. The van der Waals surface area contributed by atoms with Crippen molar-refractivity contribution in [1.29, 1.82) is 0 Å². The first kappa shape index (κ1) is 12.9. The zero-order chi connectivity index (χ0) is 13.1. The lowest BCUT2D eigenvalue weighted by Gasteiger charge is -2.21. The minimum absolute atomic E-state index is 0.0844. The Labute approximate surface area is 107 Å². The van der Waals surface area contributed by atoms with Crippen molar-refractivity contribution in [2.45, 2.75) is 26.2 Å². The SMILES string of the molecule is CC(C)c1c(N)nc(N2CCCNCC2)[nH]c1=O. The van der Waals surface area contributed by atoms with Crippen molar-refractivity contribution in [2.24, 2.45) is 0 Å². The standard InChI is InChI=1S/C12H21N5O/c1-8(2)9-10(13)15-12(16-11(9)18)17-6-3-4-14-5-7-17/h8,14H,3-7H2,1-2H3,(H3,13,15,16,18). The summed E-state index contributed by atoms with van der Waals surface area (Å²) in [5.74, 6) is 1.02. The lowest BCUT2D eigenvalue weighted by atomic mass is 10.1. The van der Waals surface area contributed by atoms with Crippen LogP contribution in [0, 0.1) is 0 Å². The van der Waals surface area contributed by atoms with Gasteiger partial charge >= 0.3 is 0 Å². The summed E-state index contributed by atoms with van der Waals surface area (Å²) < 4.78 is 0. The first-order valence-electron chi connectivity index (χ1n) is 6.45. The molecule has 1 aromatic heterocycles. The summed E-state index contributed by atoms with van der Waals surface area (Å²) in [5.41, 5.74) is 6.35. The summed E-state index contributed by atoms with van der Waals surface area (Å²) in [4.78, 5) is 21.3. The van der Waals surface area contributed by atoms with Gasteiger partial charge in [0.05, 0.1) is 5.56 Å². The molecule has 1 fully saturated rings. The van der Waals surface area contributed by atoms with Crippen LogP contribution in [0.4, 0.5) is 11.8 Å². The zero-order valence-electron chi connectivity index (χ0n) is 11.0. The van der Waals surface area contributed by atoms with E-state index >= 15 is 0 Å². The van der Waals surface area contributed by atoms with Gasteiger partial charge in [-0.2, -0.15) is 4.98 Å². The fraction of sp³-hybridized carbons (Fsp3) is 0.667. The highest BCUT2D eigenvalue weighted by atomic mass is 16.1. The number of nitrogen functional groups attached to an aromatic ring is 1. The molecule has 0 aromatic carbocycles. The second-order valence-electron chi connectivity index (χ2n) is 4.93. The Morgan fingerprint density at radius 2 is 2.11 bits per heavy atom. The van der Waals surface area contributed by atoms with Gasteiger partial charge in [-0.15, -0.1) is 0 Å². The van der Waals surface area contributed by atoms with Crippen LogP contribution < -0.4 is 21.5 Å². The third kappa shape index (κ3) is 2.64. The number of rotatable bonds is 2. The van der Waals surface area contributed by atoms with Gasteiger partial charge in [0.1, 0.15) is 5.82 Å². The van der Waals surface area contributed by atoms with Crippen molar-refractivity contribution in [3.8, 4) is 0 Å². The molecule has 100 valence electrons. The summed E-state index contributed by atoms with van der Waals surface area (Å²) in [7, 11) is 0. The van der Waals surface area contributed by atoms with E-state index in [9.17, 15) is 4.79 Å². The van der Waals surface area contributed by atoms with Crippen molar-refractivity contribution in [3.63, 3.8) is 0 Å². The molecule has 6 nitrogen and oxygen atoms in total. The number of aromatic nitrogens is 2. The molecule has 1 aliphatic rings. The quantitative estimate of drug-likeness (QED) is 0.702. The van der Waals surface area contributed by atoms with Crippen molar-refractivity contribution in [2.75, 3.05) is 36.8 Å². The molecule has 0 aliphatic carbocycles. The number of nitrogens with zero attached hydrogens (tertiary/aromatic N) is 2. The summed E-state index contributed by atoms with van der Waals surface area (Å²) in [6.45, 7) is 7.51. The van der Waals surface area contributed by atoms with Gasteiger partial charge in [-0.05, 0) is 18.9 Å². The van der Waals surface area contributed by atoms with Crippen LogP contribution in [-0.4, -0.2) is 36.1 Å². The molecule has 0 amide bonds. The maximum atomic E-state index is 12.0. The Hall–Kier alpha value is -1.56. The maximum absolute atomic E-state index is 12.0. The van der Waals surface area contributed by atoms with Gasteiger partial charge in [-0.25, -0.2) is 0 Å². The Morgan fingerprint density at radius 3 is 2.78 bits per heavy atom. The molecule has 0 atom stereocenters. The number of anilines is 2. The molecule has 0 unspecified atom stereocenters. The summed E-state index contributed by atoms with van der Waals surface area (Å²) >= 11 is 0. The summed E-state index contributed by atoms with van der Waals surface area (Å²) in [5, 5.41) is 3.31. The number of nitrogens with two attached hydrogens (primary N) is 1. The van der Waals surface area contributed by atoms with Gasteiger partial charge in [-0.1, -0.05) is 13.8 Å². The van der Waals surface area contributed by atoms with Crippen LogP contribution in [-0.2, 0) is 0 Å². The van der Waals surface area contributed by atoms with E-state index in [0.717, 1.165) is 32.6 Å². The molecule has 18 heavy (non-hydrogen) atoms. The second-order valence-corrected chi connectivity index (χ2v) is 4.93. The van der Waals surface area contributed by atoms with E-state index in [1.165, 1.54) is 0 Å². The van der Waals surface area contributed by atoms with E-state index in [1.807, 2.05) is 13.8 Å². The highest BCUT2D eigenvalue weighted by Crippen LogP contribution is 2.17. The molecule has 0 saturated carbocycles. The minimum atomic E-state index is -0.121. The van der Waals surface area contributed by atoms with Crippen LogP contribution >= 0.6 is 0 Å². The van der Waals surface area contributed by atoms with Gasteiger partial charge < -0.3 is 16.0 Å². The number of hydrogen-bond acceptors (Lipinski definition) is 5. The molecule has 0 bridgehead atoms. The predicted molar refractivity (Wildman–Crippen MR) is 73.1 cm³/mol. The normalized spacial score (nSPS) is 16.9. The van der Waals surface area contributed by atoms with Gasteiger partial charge in [0, 0.05) is 19.6 Å². The fourth-order valence-corrected chi connectivity index (χ4v) is 2.25. The average molecular weight is 251 g/mol. The van der Waals surface area contributed by atoms with Crippen LogP contribution in [0.25, 0.3) is 0 Å². The molecule has 1 aliphatic heterocycles. The molecular weight excluding hydrogens is 230 g/mol. The molecule has 2 rings (SSSR count). The van der Waals surface area contributed by atoms with Crippen molar-refractivity contribution in [1.82, 2.24) is 15.3 Å². The Balaban J connectivity index is 2.32. The van der Waals surface area contributed by atoms with E-state index in [2.05, 4.69) is 20.2 Å². The van der Waals surface area contributed by atoms with Gasteiger partial charge in [-0.3, -0.25) is 9.78 Å². The monoisotopic (exact) mass is 251 g/mol. The van der Waals surface area contributed by atoms with Gasteiger partial charge in [0.15, 0.2) is 0 Å². The molecule has 2 heterocycles. The first-order chi connectivity index (χ1) is 8.59. The first-order valence-corrected chi connectivity index (χ1v) is 6.45. The summed E-state index contributed by atoms with van der Waals surface area (Å²) in [6.07, 6.45) is 1.04. The van der Waals surface area contributed by atoms with Crippen LogP contribution in [0.3, 0.4) is 0 Å². The summed E-state index contributed by atoms with van der Waals surface area (Å²) in [6, 6.07) is 0. The van der Waals surface area contributed by atoms with E-state index in [4.69, 9.17) is 5.73 Å². The molecular formula is C12H21N5O. The highest BCUT2D eigenvalue weighted by molar-refractivity contribution is 5.45. The van der Waals surface area contributed by atoms with Crippen molar-refractivity contribution >= 4 is 11.8 Å². The molecule has 1 aromatic rings. The molecule has 6 heteroatoms. The average Bonchev–Trinajstić information content (AvgIpc) is 2.55. The molecule has 4 N–H and O–H groups in total. The second kappa shape index (κ2) is 5.39. The molecule has 0 radical (unpaired) electrons. The van der Waals surface area contributed by atoms with Crippen LogP contribution in [0.15, 0.2) is 4.79 Å². The van der Waals surface area contributed by atoms with Gasteiger partial charge in [0.2, 0.25) is 5.95 Å². The van der Waals surface area contributed by atoms with Crippen LogP contribution in [0.5, 0.6) is 0 Å². The minimum Gasteiger partial charge on any atom is -0.383 e. The number of aromatic amines is 1. The fourth-order valence-electron chi connectivity index (χ4n) is 2.25. The smallest absolute Gasteiger partial charge is 0.257 e. The topological polar surface area (TPSA) is 87.0 Å². The Morgan fingerprint density at radius 1 is 1.33 bits per heavy atom. The lowest BCUT2D eigenvalue weighted by molar-refractivity contribution is 0.724. The number of hydrogen-bond donors (Lipinski definition) is 3. The lowest BCUT2D eigenvalue weighted by Crippen LogP contribution is -2.32. The molecule has 0 spiro atoms. The third-order valence-electron chi connectivity index (χ3n) is 3.19. The Kier molecular flexibility index (Phi) is 3.86. The van der Waals surface area contributed by atoms with Gasteiger partial charge in [0.25, 0.3) is 5.56 Å². The van der Waals surface area contributed by atoms with E-state index in [0.29, 0.717) is 17.3 Å². The zero-order valence-corrected chi connectivity index (χ0v) is 11.0. The van der Waals surface area contributed by atoms with Crippen molar-refractivity contribution in [3.05, 3.63) is 15.9 Å². The van der Waals surface area contributed by atoms with E-state index < -0.39 is 0 Å². The van der Waals surface area contributed by atoms with Crippen molar-refractivity contribution < 1.29 is 0 Å². The largest absolute Gasteiger partial charge is 0.383 e. The van der Waals surface area contributed by atoms with Crippen LogP contribution in [0.2, 0.25) is 0 Å². The predicted octanol–water partition coefficient (Wildman–Crippen LogP) is 0.275. The Bertz CT molecular complexity index is 460. The van der Waals surface area contributed by atoms with E-state index in [-0.39, 0.29) is 11.5 Å². The highest BCUT2D eigenvalue weighted by Gasteiger charge is 2.16. The number of H-pyrrole nitrogens is 1. The van der Waals surface area contributed by atoms with Crippen LogP contribution in [0.1, 0.15) is 31.7 Å². The molecule has 1 saturated heterocycles. The maximum Gasteiger partial charge on any atom is 0.257 e. The number of nitrogens with one attached hydrogen (secondary N) is 2. The van der Waals surface area contributed by atoms with E-state index in [1.54, 1.807) is 0 Å².